The summed E-state index contributed by atoms with van der Waals surface area (Å²) in [5.74, 6) is 5.35. The third-order valence-electron chi connectivity index (χ3n) is 2.26. The first kappa shape index (κ1) is 13.9. The van der Waals surface area contributed by atoms with Gasteiger partial charge in [-0.05, 0) is 18.2 Å². The Morgan fingerprint density at radius 3 is 2.55 bits per heavy atom. The summed E-state index contributed by atoms with van der Waals surface area (Å²) in [6, 6.07) is 8.78. The van der Waals surface area contributed by atoms with Crippen LogP contribution < -0.4 is 21.3 Å². The van der Waals surface area contributed by atoms with Crippen LogP contribution in [0, 0.1) is 0 Å². The molecule has 0 saturated heterocycles. The monoisotopic (exact) mass is 284 g/mol. The SMILES string of the molecule is NNc1cc(Nc2cccc(OC(F)(F)F)c2)ccn1. The van der Waals surface area contributed by atoms with Gasteiger partial charge in [-0.3, -0.25) is 0 Å². The number of benzene rings is 1. The van der Waals surface area contributed by atoms with E-state index >= 15 is 0 Å². The van der Waals surface area contributed by atoms with Crippen LogP contribution in [0.25, 0.3) is 0 Å². The first-order chi connectivity index (χ1) is 9.46. The van der Waals surface area contributed by atoms with Crippen LogP contribution >= 0.6 is 0 Å². The lowest BCUT2D eigenvalue weighted by Crippen LogP contribution is -2.17. The number of rotatable bonds is 4. The number of aromatic nitrogens is 1. The standard InChI is InChI=1S/C12H11F3N4O/c13-12(14,15)20-10-3-1-2-8(6-10)18-9-4-5-17-11(7-9)19-16/h1-7H,16H2,(H2,17,18,19). The van der Waals surface area contributed by atoms with Gasteiger partial charge in [-0.2, -0.15) is 0 Å². The molecule has 4 N–H and O–H groups in total. The van der Waals surface area contributed by atoms with Gasteiger partial charge >= 0.3 is 6.36 Å². The van der Waals surface area contributed by atoms with Gasteiger partial charge in [0.05, 0.1) is 0 Å². The smallest absolute Gasteiger partial charge is 0.406 e. The van der Waals surface area contributed by atoms with Crippen molar-refractivity contribution in [3.8, 4) is 5.75 Å². The molecule has 0 saturated carbocycles. The van der Waals surface area contributed by atoms with E-state index in [1.807, 2.05) is 0 Å². The molecule has 0 bridgehead atoms. The molecule has 106 valence electrons. The Labute approximate surface area is 112 Å². The molecule has 1 aromatic carbocycles. The largest absolute Gasteiger partial charge is 0.573 e. The first-order valence-electron chi connectivity index (χ1n) is 5.52. The van der Waals surface area contributed by atoms with E-state index in [4.69, 9.17) is 5.84 Å². The Kier molecular flexibility index (Phi) is 3.94. The minimum Gasteiger partial charge on any atom is -0.406 e. The van der Waals surface area contributed by atoms with Crippen LogP contribution in [0.15, 0.2) is 42.6 Å². The maximum absolute atomic E-state index is 12.1. The number of ether oxygens (including phenoxy) is 1. The number of nitrogens with one attached hydrogen (secondary N) is 2. The highest BCUT2D eigenvalue weighted by Crippen LogP contribution is 2.26. The maximum Gasteiger partial charge on any atom is 0.573 e. The van der Waals surface area contributed by atoms with Gasteiger partial charge in [0, 0.05) is 29.7 Å². The van der Waals surface area contributed by atoms with Crippen molar-refractivity contribution < 1.29 is 17.9 Å². The Balaban J connectivity index is 2.15. The quantitative estimate of drug-likeness (QED) is 0.594. The van der Waals surface area contributed by atoms with Gasteiger partial charge in [0.2, 0.25) is 0 Å². The molecule has 0 aliphatic rings. The number of pyridine rings is 1. The van der Waals surface area contributed by atoms with Crippen molar-refractivity contribution >= 4 is 17.2 Å². The molecule has 2 rings (SSSR count). The average molecular weight is 284 g/mol. The summed E-state index contributed by atoms with van der Waals surface area (Å²) < 4.78 is 40.2. The number of nitrogen functional groups attached to an aromatic ring is 1. The van der Waals surface area contributed by atoms with Gasteiger partial charge < -0.3 is 15.5 Å². The van der Waals surface area contributed by atoms with Crippen molar-refractivity contribution in [1.29, 1.82) is 0 Å². The number of nitrogens with two attached hydrogens (primary N) is 1. The second-order valence-corrected chi connectivity index (χ2v) is 3.77. The predicted octanol–water partition coefficient (Wildman–Crippen LogP) is 3.01. The summed E-state index contributed by atoms with van der Waals surface area (Å²) in [7, 11) is 0. The molecule has 0 fully saturated rings. The molecule has 0 radical (unpaired) electrons. The van der Waals surface area contributed by atoms with Gasteiger partial charge in [0.1, 0.15) is 11.6 Å². The third kappa shape index (κ3) is 4.02. The molecular formula is C12H11F3N4O. The second-order valence-electron chi connectivity index (χ2n) is 3.77. The van der Waals surface area contributed by atoms with Crippen molar-refractivity contribution in [3.63, 3.8) is 0 Å². The summed E-state index contributed by atoms with van der Waals surface area (Å²) in [6.45, 7) is 0. The molecule has 8 heteroatoms. The van der Waals surface area contributed by atoms with E-state index in [0.29, 0.717) is 17.2 Å². The predicted molar refractivity (Wildman–Crippen MR) is 68.5 cm³/mol. The Hall–Kier alpha value is -2.48. The number of hydrogen-bond donors (Lipinski definition) is 3. The zero-order valence-corrected chi connectivity index (χ0v) is 10.1. The zero-order valence-electron chi connectivity index (χ0n) is 10.1. The van der Waals surface area contributed by atoms with Crippen LogP contribution in [0.2, 0.25) is 0 Å². The average Bonchev–Trinajstić information content (AvgIpc) is 2.37. The minimum atomic E-state index is -4.72. The molecule has 0 spiro atoms. The van der Waals surface area contributed by atoms with Gasteiger partial charge in [0.15, 0.2) is 0 Å². The summed E-state index contributed by atoms with van der Waals surface area (Å²) in [5, 5.41) is 2.92. The van der Waals surface area contributed by atoms with Crippen LogP contribution in [-0.2, 0) is 0 Å². The zero-order chi connectivity index (χ0) is 14.6. The lowest BCUT2D eigenvalue weighted by molar-refractivity contribution is -0.274. The number of hydrazine groups is 1. The summed E-state index contributed by atoms with van der Waals surface area (Å²) in [6.07, 6.45) is -3.21. The minimum absolute atomic E-state index is 0.297. The van der Waals surface area contributed by atoms with E-state index in [2.05, 4.69) is 20.5 Å². The third-order valence-corrected chi connectivity index (χ3v) is 2.26. The van der Waals surface area contributed by atoms with Gasteiger partial charge in [0.25, 0.3) is 0 Å². The van der Waals surface area contributed by atoms with Gasteiger partial charge in [-0.25, -0.2) is 10.8 Å². The van der Waals surface area contributed by atoms with E-state index < -0.39 is 6.36 Å². The number of hydrogen-bond acceptors (Lipinski definition) is 5. The van der Waals surface area contributed by atoms with Crippen LogP contribution in [0.4, 0.5) is 30.4 Å². The first-order valence-corrected chi connectivity index (χ1v) is 5.52. The molecular weight excluding hydrogens is 273 g/mol. The van der Waals surface area contributed by atoms with Crippen molar-refractivity contribution in [2.45, 2.75) is 6.36 Å². The molecule has 1 aromatic heterocycles. The molecule has 20 heavy (non-hydrogen) atoms. The van der Waals surface area contributed by atoms with E-state index in [0.717, 1.165) is 0 Å². The lowest BCUT2D eigenvalue weighted by atomic mass is 10.3. The summed E-state index contributed by atoms with van der Waals surface area (Å²) >= 11 is 0. The Morgan fingerprint density at radius 1 is 1.10 bits per heavy atom. The number of halogens is 3. The van der Waals surface area contributed by atoms with E-state index in [1.165, 1.54) is 24.4 Å². The molecule has 0 aliphatic carbocycles. The number of nitrogens with zero attached hydrogens (tertiary/aromatic N) is 1. The van der Waals surface area contributed by atoms with E-state index in [1.54, 1.807) is 18.2 Å². The van der Waals surface area contributed by atoms with Gasteiger partial charge in [-0.15, -0.1) is 13.2 Å². The number of anilines is 3. The topological polar surface area (TPSA) is 72.2 Å². The highest BCUT2D eigenvalue weighted by molar-refractivity contribution is 5.63. The van der Waals surface area contributed by atoms with Crippen molar-refractivity contribution in [2.24, 2.45) is 5.84 Å². The van der Waals surface area contributed by atoms with Crippen LogP contribution in [0.5, 0.6) is 5.75 Å². The molecule has 0 aliphatic heterocycles. The number of alkyl halides is 3. The highest BCUT2D eigenvalue weighted by Gasteiger charge is 2.31. The van der Waals surface area contributed by atoms with Crippen molar-refractivity contribution in [1.82, 2.24) is 4.98 Å². The van der Waals surface area contributed by atoms with Crippen LogP contribution in [-0.4, -0.2) is 11.3 Å². The summed E-state index contributed by atoms with van der Waals surface area (Å²) in [4.78, 5) is 3.92. The van der Waals surface area contributed by atoms with Gasteiger partial charge in [-0.1, -0.05) is 6.07 Å². The molecule has 1 heterocycles. The van der Waals surface area contributed by atoms with E-state index in [9.17, 15) is 13.2 Å². The maximum atomic E-state index is 12.1. The molecule has 0 unspecified atom stereocenters. The van der Waals surface area contributed by atoms with Crippen LogP contribution in [0.3, 0.4) is 0 Å². The molecule has 0 amide bonds. The fourth-order valence-corrected chi connectivity index (χ4v) is 1.52. The summed E-state index contributed by atoms with van der Waals surface area (Å²) in [5.41, 5.74) is 3.44. The highest BCUT2D eigenvalue weighted by atomic mass is 19.4. The lowest BCUT2D eigenvalue weighted by Gasteiger charge is -2.11. The molecule has 2 aromatic rings. The fraction of sp³-hybridized carbons (Fsp3) is 0.0833. The van der Waals surface area contributed by atoms with E-state index in [-0.39, 0.29) is 5.75 Å². The van der Waals surface area contributed by atoms with Crippen molar-refractivity contribution in [3.05, 3.63) is 42.6 Å². The Morgan fingerprint density at radius 2 is 1.85 bits per heavy atom. The second kappa shape index (κ2) is 5.66. The Bertz CT molecular complexity index is 589. The van der Waals surface area contributed by atoms with Crippen LogP contribution in [0.1, 0.15) is 0 Å². The fourth-order valence-electron chi connectivity index (χ4n) is 1.52. The normalized spacial score (nSPS) is 11.0. The molecule has 0 atom stereocenters. The van der Waals surface area contributed by atoms with Crippen molar-refractivity contribution in [2.75, 3.05) is 10.7 Å². The molecule has 5 nitrogen and oxygen atoms in total.